The van der Waals surface area contributed by atoms with Crippen LogP contribution in [0.3, 0.4) is 0 Å². The average Bonchev–Trinajstić information content (AvgIpc) is 3.28. The van der Waals surface area contributed by atoms with Crippen LogP contribution in [0.15, 0.2) is 53.9 Å². The lowest BCUT2D eigenvalue weighted by molar-refractivity contribution is -0.118. The first-order valence-electron chi connectivity index (χ1n) is 8.20. The van der Waals surface area contributed by atoms with Crippen LogP contribution < -0.4 is 5.32 Å². The van der Waals surface area contributed by atoms with Gasteiger partial charge in [-0.2, -0.15) is 0 Å². The Bertz CT molecular complexity index is 824. The van der Waals surface area contributed by atoms with Crippen LogP contribution in [0, 0.1) is 6.92 Å². The number of aryl methyl sites for hydroxylation is 2. The minimum atomic E-state index is -0.0225. The highest BCUT2D eigenvalue weighted by atomic mass is 32.2. The first kappa shape index (κ1) is 17.3. The number of rotatable bonds is 7. The third-order valence-corrected chi connectivity index (χ3v) is 4.67. The van der Waals surface area contributed by atoms with Gasteiger partial charge in [0, 0.05) is 25.4 Å². The summed E-state index contributed by atoms with van der Waals surface area (Å²) in [6, 6.07) is 12.0. The molecule has 0 aliphatic carbocycles. The Balaban J connectivity index is 1.59. The van der Waals surface area contributed by atoms with Crippen molar-refractivity contribution in [1.82, 2.24) is 24.9 Å². The molecule has 0 unspecified atom stereocenters. The van der Waals surface area contributed by atoms with Gasteiger partial charge in [-0.15, -0.1) is 10.2 Å². The third kappa shape index (κ3) is 4.30. The van der Waals surface area contributed by atoms with Gasteiger partial charge in [-0.05, 0) is 24.6 Å². The van der Waals surface area contributed by atoms with Gasteiger partial charge in [0.05, 0.1) is 5.75 Å². The quantitative estimate of drug-likeness (QED) is 0.662. The van der Waals surface area contributed by atoms with E-state index in [-0.39, 0.29) is 5.91 Å². The predicted molar refractivity (Wildman–Crippen MR) is 98.4 cm³/mol. The molecule has 3 rings (SSSR count). The van der Waals surface area contributed by atoms with Gasteiger partial charge in [-0.25, -0.2) is 4.68 Å². The van der Waals surface area contributed by atoms with Crippen LogP contribution >= 0.6 is 11.8 Å². The zero-order valence-corrected chi connectivity index (χ0v) is 15.2. The van der Waals surface area contributed by atoms with Crippen LogP contribution in [-0.4, -0.2) is 31.2 Å². The van der Waals surface area contributed by atoms with E-state index < -0.39 is 0 Å². The van der Waals surface area contributed by atoms with Gasteiger partial charge in [0.2, 0.25) is 11.1 Å². The van der Waals surface area contributed by atoms with Crippen molar-refractivity contribution in [3.63, 3.8) is 0 Å². The molecule has 1 aromatic carbocycles. The Morgan fingerprint density at radius 2 is 1.88 bits per heavy atom. The summed E-state index contributed by atoms with van der Waals surface area (Å²) in [4.78, 5) is 12.1. The Kier molecular flexibility index (Phi) is 5.55. The van der Waals surface area contributed by atoms with Crippen molar-refractivity contribution < 1.29 is 4.79 Å². The molecule has 0 atom stereocenters. The Morgan fingerprint density at radius 1 is 1.16 bits per heavy atom. The molecule has 130 valence electrons. The average molecular weight is 355 g/mol. The molecule has 0 saturated carbocycles. The molecule has 0 radical (unpaired) electrons. The number of aromatic nitrogens is 4. The number of thioether (sulfide) groups is 1. The van der Waals surface area contributed by atoms with Crippen LogP contribution in [0.25, 0.3) is 0 Å². The van der Waals surface area contributed by atoms with E-state index in [2.05, 4.69) is 15.5 Å². The Labute approximate surface area is 151 Å². The second-order valence-electron chi connectivity index (χ2n) is 5.68. The molecule has 0 aliphatic rings. The predicted octanol–water partition coefficient (Wildman–Crippen LogP) is 2.67. The fraction of sp³-hybridized carbons (Fsp3) is 0.278. The van der Waals surface area contributed by atoms with Crippen molar-refractivity contribution in [1.29, 1.82) is 0 Å². The van der Waals surface area contributed by atoms with E-state index in [1.54, 1.807) is 0 Å². The van der Waals surface area contributed by atoms with Gasteiger partial charge >= 0.3 is 0 Å². The molecule has 0 fully saturated rings. The van der Waals surface area contributed by atoms with Gasteiger partial charge < -0.3 is 5.32 Å². The van der Waals surface area contributed by atoms with E-state index in [1.165, 1.54) is 17.3 Å². The number of hydrogen-bond donors (Lipinski definition) is 1. The molecule has 7 heteroatoms. The van der Waals surface area contributed by atoms with E-state index >= 15 is 0 Å². The van der Waals surface area contributed by atoms with Crippen LogP contribution in [0.5, 0.6) is 0 Å². The van der Waals surface area contributed by atoms with E-state index in [1.807, 2.05) is 72.0 Å². The van der Waals surface area contributed by atoms with Crippen LogP contribution in [-0.2, 0) is 17.8 Å². The monoisotopic (exact) mass is 355 g/mol. The van der Waals surface area contributed by atoms with Crippen molar-refractivity contribution in [2.24, 2.45) is 0 Å². The number of nitrogens with zero attached hydrogens (tertiary/aromatic N) is 4. The molecule has 25 heavy (non-hydrogen) atoms. The summed E-state index contributed by atoms with van der Waals surface area (Å²) in [5.74, 6) is 1.14. The second-order valence-corrected chi connectivity index (χ2v) is 6.62. The number of carbonyl (C=O) groups is 1. The zero-order chi connectivity index (χ0) is 17.6. The molecule has 2 aromatic heterocycles. The first-order valence-corrected chi connectivity index (χ1v) is 9.19. The molecular formula is C18H21N5OS. The molecule has 1 amide bonds. The van der Waals surface area contributed by atoms with Gasteiger partial charge in [-0.1, -0.05) is 48.5 Å². The molecule has 3 aromatic rings. The largest absolute Gasteiger partial charge is 0.351 e. The Hall–Kier alpha value is -2.54. The van der Waals surface area contributed by atoms with E-state index in [0.29, 0.717) is 17.5 Å². The number of amides is 1. The van der Waals surface area contributed by atoms with E-state index in [0.717, 1.165) is 17.8 Å². The topological polar surface area (TPSA) is 64.7 Å². The molecule has 0 bridgehead atoms. The molecule has 1 N–H and O–H groups in total. The minimum absolute atomic E-state index is 0.0225. The van der Waals surface area contributed by atoms with Crippen LogP contribution in [0.1, 0.15) is 23.9 Å². The van der Waals surface area contributed by atoms with Crippen molar-refractivity contribution >= 4 is 17.7 Å². The highest BCUT2D eigenvalue weighted by molar-refractivity contribution is 7.99. The van der Waals surface area contributed by atoms with Gasteiger partial charge in [-0.3, -0.25) is 9.47 Å². The number of benzene rings is 1. The van der Waals surface area contributed by atoms with E-state index in [4.69, 9.17) is 0 Å². The lowest BCUT2D eigenvalue weighted by Crippen LogP contribution is -2.25. The third-order valence-electron chi connectivity index (χ3n) is 3.76. The van der Waals surface area contributed by atoms with Crippen LogP contribution in [0.4, 0.5) is 0 Å². The zero-order valence-electron chi connectivity index (χ0n) is 14.3. The summed E-state index contributed by atoms with van der Waals surface area (Å²) in [5.41, 5.74) is 2.30. The lowest BCUT2D eigenvalue weighted by Gasteiger charge is -2.10. The summed E-state index contributed by atoms with van der Waals surface area (Å²) in [7, 11) is 0. The van der Waals surface area contributed by atoms with Gasteiger partial charge in [0.25, 0.3) is 0 Å². The fourth-order valence-electron chi connectivity index (χ4n) is 2.38. The summed E-state index contributed by atoms with van der Waals surface area (Å²) in [6.45, 7) is 4.61. The van der Waals surface area contributed by atoms with Crippen molar-refractivity contribution in [2.75, 3.05) is 5.75 Å². The Morgan fingerprint density at radius 3 is 2.56 bits per heavy atom. The van der Waals surface area contributed by atoms with Crippen molar-refractivity contribution in [3.05, 3.63) is 65.7 Å². The molecule has 2 heterocycles. The highest BCUT2D eigenvalue weighted by Gasteiger charge is 2.14. The van der Waals surface area contributed by atoms with Gasteiger partial charge in [0.15, 0.2) is 5.82 Å². The second kappa shape index (κ2) is 8.02. The summed E-state index contributed by atoms with van der Waals surface area (Å²) in [6.07, 6.45) is 4.64. The maximum absolute atomic E-state index is 12.1. The fourth-order valence-corrected chi connectivity index (χ4v) is 3.17. The first-order chi connectivity index (χ1) is 12.2. The number of carbonyl (C=O) groups excluding carboxylic acids is 1. The molecule has 0 spiro atoms. The SMILES string of the molecule is CCc1nnc(SCC(=O)NCc2ccc(C)cc2)n1-n1cccc1. The lowest BCUT2D eigenvalue weighted by atomic mass is 10.1. The summed E-state index contributed by atoms with van der Waals surface area (Å²) >= 11 is 1.38. The summed E-state index contributed by atoms with van der Waals surface area (Å²) < 4.78 is 3.85. The molecular weight excluding hydrogens is 334 g/mol. The number of nitrogens with one attached hydrogen (secondary N) is 1. The normalized spacial score (nSPS) is 10.8. The maximum atomic E-state index is 12.1. The highest BCUT2D eigenvalue weighted by Crippen LogP contribution is 2.17. The molecule has 6 nitrogen and oxygen atoms in total. The number of hydrogen-bond acceptors (Lipinski definition) is 4. The van der Waals surface area contributed by atoms with Crippen molar-refractivity contribution in [2.45, 2.75) is 32.0 Å². The summed E-state index contributed by atoms with van der Waals surface area (Å²) in [5, 5.41) is 12.1. The molecule has 0 saturated heterocycles. The van der Waals surface area contributed by atoms with E-state index in [9.17, 15) is 4.79 Å². The maximum Gasteiger partial charge on any atom is 0.230 e. The standard InChI is InChI=1S/C18H21N5OS/c1-3-16-20-21-18(23(16)22-10-4-5-11-22)25-13-17(24)19-12-15-8-6-14(2)7-9-15/h4-11H,3,12-13H2,1-2H3,(H,19,24). The molecule has 0 aliphatic heterocycles. The van der Waals surface area contributed by atoms with Gasteiger partial charge in [0.1, 0.15) is 0 Å². The minimum Gasteiger partial charge on any atom is -0.351 e. The van der Waals surface area contributed by atoms with Crippen LogP contribution in [0.2, 0.25) is 0 Å². The van der Waals surface area contributed by atoms with Crippen molar-refractivity contribution in [3.8, 4) is 0 Å². The smallest absolute Gasteiger partial charge is 0.230 e.